The molecule has 5 rings (SSSR count). The second-order valence-corrected chi connectivity index (χ2v) is 9.22. The maximum atomic E-state index is 12.7. The lowest BCUT2D eigenvalue weighted by Gasteiger charge is -2.25. The summed E-state index contributed by atoms with van der Waals surface area (Å²) < 4.78 is 6.04. The van der Waals surface area contributed by atoms with E-state index in [1.54, 1.807) is 29.2 Å². The lowest BCUT2D eigenvalue weighted by atomic mass is 9.95. The minimum absolute atomic E-state index is 0.0708. The number of esters is 1. The number of carbonyl (C=O) groups excluding carboxylic acids is 3. The van der Waals surface area contributed by atoms with Crippen molar-refractivity contribution in [2.24, 2.45) is 0 Å². The predicted molar refractivity (Wildman–Crippen MR) is 117 cm³/mol. The van der Waals surface area contributed by atoms with Crippen LogP contribution in [-0.2, 0) is 22.4 Å². The second kappa shape index (κ2) is 7.38. The molecule has 2 aliphatic rings. The van der Waals surface area contributed by atoms with Gasteiger partial charge in [0.1, 0.15) is 4.88 Å². The zero-order chi connectivity index (χ0) is 21.0. The van der Waals surface area contributed by atoms with E-state index in [-0.39, 0.29) is 23.2 Å². The minimum atomic E-state index is -0.644. The van der Waals surface area contributed by atoms with E-state index in [1.165, 1.54) is 11.3 Å². The van der Waals surface area contributed by atoms with Gasteiger partial charge in [0.05, 0.1) is 17.1 Å². The van der Waals surface area contributed by atoms with Gasteiger partial charge in [-0.3, -0.25) is 9.59 Å². The first kappa shape index (κ1) is 19.5. The first-order valence-electron chi connectivity index (χ1n) is 9.46. The number of ketones is 1. The molecule has 0 saturated heterocycles. The first-order chi connectivity index (χ1) is 14.4. The average Bonchev–Trinajstić information content (AvgIpc) is 3.23. The zero-order valence-corrected chi connectivity index (χ0v) is 18.0. The number of carbonyl (C=O) groups is 3. The number of hydrogen-bond acceptors (Lipinski definition) is 5. The minimum Gasteiger partial charge on any atom is -0.453 e. The molecular formula is C22H15Cl2NO4S. The molecule has 152 valence electrons. The van der Waals surface area contributed by atoms with Gasteiger partial charge < -0.3 is 9.64 Å². The van der Waals surface area contributed by atoms with Gasteiger partial charge in [-0.15, -0.1) is 11.3 Å². The van der Waals surface area contributed by atoms with Gasteiger partial charge in [-0.05, 0) is 48.2 Å². The topological polar surface area (TPSA) is 63.7 Å². The molecule has 1 amide bonds. The smallest absolute Gasteiger partial charge is 0.350 e. The van der Waals surface area contributed by atoms with Gasteiger partial charge >= 0.3 is 5.97 Å². The molecule has 0 saturated carbocycles. The molecule has 0 radical (unpaired) electrons. The number of aryl methyl sites for hydroxylation is 1. The maximum absolute atomic E-state index is 12.7. The standard InChI is InChI=1S/C22H15Cl2NO4S/c23-14-3-4-15-17(9-14)30-21(19(15)24)22(28)29-10-16(26)12-6-11-2-1-5-25-18(27)8-13(7-12)20(11)25/h3-4,6-7,9H,1-2,5,8,10H2. The van der Waals surface area contributed by atoms with E-state index in [4.69, 9.17) is 27.9 Å². The molecule has 5 nitrogen and oxygen atoms in total. The lowest BCUT2D eigenvalue weighted by molar-refractivity contribution is -0.117. The molecule has 1 aromatic heterocycles. The molecule has 0 N–H and O–H groups in total. The van der Waals surface area contributed by atoms with E-state index < -0.39 is 5.97 Å². The number of fused-ring (bicyclic) bond motifs is 1. The van der Waals surface area contributed by atoms with Crippen molar-refractivity contribution < 1.29 is 19.1 Å². The van der Waals surface area contributed by atoms with Crippen molar-refractivity contribution in [2.45, 2.75) is 19.3 Å². The van der Waals surface area contributed by atoms with Gasteiger partial charge in [-0.1, -0.05) is 29.3 Å². The number of nitrogens with zero attached hydrogens (tertiary/aromatic N) is 1. The summed E-state index contributed by atoms with van der Waals surface area (Å²) in [5.74, 6) is -0.879. The molecule has 2 aliphatic heterocycles. The van der Waals surface area contributed by atoms with Gasteiger partial charge in [0.15, 0.2) is 12.4 Å². The van der Waals surface area contributed by atoms with Crippen LogP contribution in [0.15, 0.2) is 30.3 Å². The van der Waals surface area contributed by atoms with Gasteiger partial charge in [0.25, 0.3) is 0 Å². The van der Waals surface area contributed by atoms with Gasteiger partial charge in [-0.2, -0.15) is 0 Å². The number of Topliss-reactive ketones (excluding diaryl/α,β-unsaturated/α-hetero) is 1. The normalized spacial score (nSPS) is 14.9. The van der Waals surface area contributed by atoms with Crippen LogP contribution in [0.2, 0.25) is 10.0 Å². The number of anilines is 1. The summed E-state index contributed by atoms with van der Waals surface area (Å²) in [5.41, 5.74) is 3.29. The van der Waals surface area contributed by atoms with Gasteiger partial charge in [0, 0.05) is 27.2 Å². The largest absolute Gasteiger partial charge is 0.453 e. The fourth-order valence-electron chi connectivity index (χ4n) is 4.09. The van der Waals surface area contributed by atoms with Crippen molar-refractivity contribution in [1.82, 2.24) is 0 Å². The van der Waals surface area contributed by atoms with Crippen LogP contribution in [0.5, 0.6) is 0 Å². The Labute approximate surface area is 186 Å². The van der Waals surface area contributed by atoms with Crippen LogP contribution in [0, 0.1) is 0 Å². The first-order valence-corrected chi connectivity index (χ1v) is 11.0. The van der Waals surface area contributed by atoms with Crippen LogP contribution in [0.1, 0.15) is 37.6 Å². The summed E-state index contributed by atoms with van der Waals surface area (Å²) >= 11 is 13.5. The van der Waals surface area contributed by atoms with Crippen LogP contribution in [-0.4, -0.2) is 30.8 Å². The molecule has 2 aromatic carbocycles. The Bertz CT molecular complexity index is 1250. The number of thiophene rings is 1. The molecule has 0 unspecified atom stereocenters. The third kappa shape index (κ3) is 3.20. The summed E-state index contributed by atoms with van der Waals surface area (Å²) in [6.07, 6.45) is 2.01. The maximum Gasteiger partial charge on any atom is 0.350 e. The molecule has 0 fully saturated rings. The molecule has 0 bridgehead atoms. The highest BCUT2D eigenvalue weighted by molar-refractivity contribution is 7.21. The number of ether oxygens (including phenoxy) is 1. The van der Waals surface area contributed by atoms with Gasteiger partial charge in [-0.25, -0.2) is 4.79 Å². The van der Waals surface area contributed by atoms with Crippen LogP contribution < -0.4 is 4.90 Å². The second-order valence-electron chi connectivity index (χ2n) is 7.35. The van der Waals surface area contributed by atoms with Crippen molar-refractivity contribution in [2.75, 3.05) is 18.1 Å². The number of benzene rings is 2. The molecule has 8 heteroatoms. The Balaban J connectivity index is 1.35. The van der Waals surface area contributed by atoms with E-state index >= 15 is 0 Å². The Morgan fingerprint density at radius 2 is 1.93 bits per heavy atom. The molecule has 0 atom stereocenters. The molecule has 0 aliphatic carbocycles. The van der Waals surface area contributed by atoms with E-state index in [0.29, 0.717) is 22.0 Å². The third-order valence-corrected chi connectivity index (χ3v) is 7.31. The Morgan fingerprint density at radius 3 is 2.77 bits per heavy atom. The summed E-state index contributed by atoms with van der Waals surface area (Å²) in [6, 6.07) is 8.74. The molecule has 3 heterocycles. The van der Waals surface area contributed by atoms with Crippen molar-refractivity contribution in [3.05, 3.63) is 61.9 Å². The predicted octanol–water partition coefficient (Wildman–Crippen LogP) is 5.08. The Hall–Kier alpha value is -2.41. The summed E-state index contributed by atoms with van der Waals surface area (Å²) in [5, 5.41) is 1.56. The average molecular weight is 460 g/mol. The van der Waals surface area contributed by atoms with Gasteiger partial charge in [0.2, 0.25) is 5.91 Å². The SMILES string of the molecule is O=C(COC(=O)c1sc2cc(Cl)ccc2c1Cl)c1cc2c3c(c1)CC(=O)N3CCC2. The zero-order valence-electron chi connectivity index (χ0n) is 15.7. The molecular weight excluding hydrogens is 445 g/mol. The monoisotopic (exact) mass is 459 g/mol. The highest BCUT2D eigenvalue weighted by Gasteiger charge is 2.33. The van der Waals surface area contributed by atoms with Crippen molar-refractivity contribution in [3.8, 4) is 0 Å². The number of amides is 1. The van der Waals surface area contributed by atoms with Crippen LogP contribution in [0.25, 0.3) is 10.1 Å². The lowest BCUT2D eigenvalue weighted by Crippen LogP contribution is -2.31. The van der Waals surface area contributed by atoms with Crippen molar-refractivity contribution >= 4 is 68.0 Å². The summed E-state index contributed by atoms with van der Waals surface area (Å²) in [6.45, 7) is 0.338. The number of halogens is 2. The van der Waals surface area contributed by atoms with Crippen LogP contribution in [0.3, 0.4) is 0 Å². The van der Waals surface area contributed by atoms with Crippen molar-refractivity contribution in [3.63, 3.8) is 0 Å². The quantitative estimate of drug-likeness (QED) is 0.402. The fourth-order valence-corrected chi connectivity index (χ4v) is 5.77. The van der Waals surface area contributed by atoms with E-state index in [9.17, 15) is 14.4 Å². The Morgan fingerprint density at radius 1 is 1.13 bits per heavy atom. The summed E-state index contributed by atoms with van der Waals surface area (Å²) in [7, 11) is 0. The fraction of sp³-hybridized carbons (Fsp3) is 0.227. The number of rotatable bonds is 4. The highest BCUT2D eigenvalue weighted by Crippen LogP contribution is 2.38. The van der Waals surface area contributed by atoms with E-state index in [1.807, 2.05) is 6.07 Å². The molecule has 3 aromatic rings. The summed E-state index contributed by atoms with van der Waals surface area (Å²) in [4.78, 5) is 39.5. The third-order valence-electron chi connectivity index (χ3n) is 5.44. The Kier molecular flexibility index (Phi) is 4.81. The molecule has 0 spiro atoms. The molecule has 30 heavy (non-hydrogen) atoms. The number of hydrogen-bond donors (Lipinski definition) is 0. The van der Waals surface area contributed by atoms with E-state index in [2.05, 4.69) is 0 Å². The highest BCUT2D eigenvalue weighted by atomic mass is 35.5. The van der Waals surface area contributed by atoms with E-state index in [0.717, 1.165) is 46.3 Å². The van der Waals surface area contributed by atoms with Crippen LogP contribution >= 0.6 is 34.5 Å². The van der Waals surface area contributed by atoms with Crippen molar-refractivity contribution in [1.29, 1.82) is 0 Å². The van der Waals surface area contributed by atoms with Crippen LogP contribution in [0.4, 0.5) is 5.69 Å².